The number of carbonyl (C=O) groups is 1. The van der Waals surface area contributed by atoms with Crippen LogP contribution in [0.25, 0.3) is 0 Å². The summed E-state index contributed by atoms with van der Waals surface area (Å²) in [7, 11) is 0. The standard InChI is InChI=1S/C23H37NO/c1-2-3-4-5-6-7-8-9-10-11-12-13-17-20-23(25)24-21-22-18-15-14-16-19-22/h7-8,14-16,18-19H,2-6,9-13,17,20-21H2,1H3,(H,24,25)/b8-7-. The molecule has 1 N–H and O–H groups in total. The molecule has 0 aliphatic rings. The molecule has 25 heavy (non-hydrogen) atoms. The van der Waals surface area contributed by atoms with Gasteiger partial charge in [0.2, 0.25) is 5.91 Å². The molecular formula is C23H37NO. The topological polar surface area (TPSA) is 29.1 Å². The first-order chi connectivity index (χ1) is 12.3. The summed E-state index contributed by atoms with van der Waals surface area (Å²) in [4.78, 5) is 11.8. The highest BCUT2D eigenvalue weighted by Crippen LogP contribution is 2.09. The molecule has 2 nitrogen and oxygen atoms in total. The molecule has 0 heterocycles. The van der Waals surface area contributed by atoms with E-state index in [1.807, 2.05) is 30.3 Å². The van der Waals surface area contributed by atoms with E-state index in [2.05, 4.69) is 24.4 Å². The molecule has 0 aliphatic heterocycles. The first-order valence-electron chi connectivity index (χ1n) is 10.3. The maximum atomic E-state index is 11.8. The predicted octanol–water partition coefficient (Wildman–Crippen LogP) is 6.56. The minimum atomic E-state index is 0.176. The fourth-order valence-electron chi connectivity index (χ4n) is 2.89. The summed E-state index contributed by atoms with van der Waals surface area (Å²) in [5.74, 6) is 0.176. The highest BCUT2D eigenvalue weighted by molar-refractivity contribution is 5.75. The van der Waals surface area contributed by atoms with Crippen LogP contribution in [0, 0.1) is 0 Å². The third-order valence-electron chi connectivity index (χ3n) is 4.50. The van der Waals surface area contributed by atoms with Crippen LogP contribution in [0.15, 0.2) is 42.5 Å². The summed E-state index contributed by atoms with van der Waals surface area (Å²) < 4.78 is 0. The second-order valence-corrected chi connectivity index (χ2v) is 6.89. The van der Waals surface area contributed by atoms with Crippen molar-refractivity contribution in [1.29, 1.82) is 0 Å². The highest BCUT2D eigenvalue weighted by atomic mass is 16.1. The largest absolute Gasteiger partial charge is 0.352 e. The summed E-state index contributed by atoms with van der Waals surface area (Å²) in [6.07, 6.45) is 19.2. The Morgan fingerprint density at radius 2 is 1.44 bits per heavy atom. The molecule has 0 aliphatic carbocycles. The van der Waals surface area contributed by atoms with E-state index in [9.17, 15) is 4.79 Å². The molecule has 1 rings (SSSR count). The van der Waals surface area contributed by atoms with Crippen LogP contribution >= 0.6 is 0 Å². The molecule has 0 aromatic heterocycles. The van der Waals surface area contributed by atoms with Crippen LogP contribution in [-0.2, 0) is 11.3 Å². The van der Waals surface area contributed by atoms with Gasteiger partial charge < -0.3 is 5.32 Å². The zero-order chi connectivity index (χ0) is 18.0. The van der Waals surface area contributed by atoms with E-state index in [-0.39, 0.29) is 5.91 Å². The highest BCUT2D eigenvalue weighted by Gasteiger charge is 2.00. The molecule has 0 radical (unpaired) electrons. The van der Waals surface area contributed by atoms with Gasteiger partial charge in [0.25, 0.3) is 0 Å². The van der Waals surface area contributed by atoms with Gasteiger partial charge in [0.05, 0.1) is 0 Å². The monoisotopic (exact) mass is 343 g/mol. The Hall–Kier alpha value is -1.57. The molecule has 1 aromatic carbocycles. The number of amides is 1. The third-order valence-corrected chi connectivity index (χ3v) is 4.50. The first-order valence-corrected chi connectivity index (χ1v) is 10.3. The van der Waals surface area contributed by atoms with Crippen molar-refractivity contribution in [2.45, 2.75) is 90.5 Å². The third kappa shape index (κ3) is 13.4. The van der Waals surface area contributed by atoms with Gasteiger partial charge in [-0.15, -0.1) is 0 Å². The smallest absolute Gasteiger partial charge is 0.220 e. The van der Waals surface area contributed by atoms with Crippen LogP contribution in [0.5, 0.6) is 0 Å². The number of carbonyl (C=O) groups excluding carboxylic acids is 1. The van der Waals surface area contributed by atoms with Crippen LogP contribution in [0.3, 0.4) is 0 Å². The summed E-state index contributed by atoms with van der Waals surface area (Å²) in [6.45, 7) is 2.90. The lowest BCUT2D eigenvalue weighted by atomic mass is 10.1. The van der Waals surface area contributed by atoms with Crippen molar-refractivity contribution >= 4 is 5.91 Å². The lowest BCUT2D eigenvalue weighted by Gasteiger charge is -2.05. The van der Waals surface area contributed by atoms with E-state index in [4.69, 9.17) is 0 Å². The Kier molecular flexibility index (Phi) is 13.7. The molecular weight excluding hydrogens is 306 g/mol. The van der Waals surface area contributed by atoms with Crippen molar-refractivity contribution in [1.82, 2.24) is 5.32 Å². The maximum Gasteiger partial charge on any atom is 0.220 e. The number of hydrogen-bond acceptors (Lipinski definition) is 1. The second-order valence-electron chi connectivity index (χ2n) is 6.89. The van der Waals surface area contributed by atoms with Gasteiger partial charge in [-0.1, -0.05) is 87.9 Å². The first kappa shape index (κ1) is 21.5. The Bertz CT molecular complexity index is 452. The summed E-state index contributed by atoms with van der Waals surface area (Å²) in [6, 6.07) is 10.1. The molecule has 0 saturated carbocycles. The number of hydrogen-bond donors (Lipinski definition) is 1. The van der Waals surface area contributed by atoms with Gasteiger partial charge in [-0.2, -0.15) is 0 Å². The Balaban J connectivity index is 1.85. The van der Waals surface area contributed by atoms with Crippen LogP contribution in [0.2, 0.25) is 0 Å². The van der Waals surface area contributed by atoms with Gasteiger partial charge >= 0.3 is 0 Å². The van der Waals surface area contributed by atoms with Gasteiger partial charge in [-0.25, -0.2) is 0 Å². The van der Waals surface area contributed by atoms with E-state index in [0.717, 1.165) is 12.0 Å². The summed E-state index contributed by atoms with van der Waals surface area (Å²) in [5, 5.41) is 2.99. The second kappa shape index (κ2) is 15.9. The van der Waals surface area contributed by atoms with Crippen molar-refractivity contribution in [3.05, 3.63) is 48.0 Å². The number of nitrogens with one attached hydrogen (secondary N) is 1. The van der Waals surface area contributed by atoms with Gasteiger partial charge in [0.15, 0.2) is 0 Å². The van der Waals surface area contributed by atoms with Gasteiger partial charge in [-0.05, 0) is 37.7 Å². The maximum absolute atomic E-state index is 11.8. The van der Waals surface area contributed by atoms with Crippen molar-refractivity contribution in [2.24, 2.45) is 0 Å². The zero-order valence-electron chi connectivity index (χ0n) is 16.1. The average Bonchev–Trinajstić information content (AvgIpc) is 2.64. The predicted molar refractivity (Wildman–Crippen MR) is 109 cm³/mol. The van der Waals surface area contributed by atoms with Gasteiger partial charge in [-0.3, -0.25) is 4.79 Å². The molecule has 1 amide bonds. The fourth-order valence-corrected chi connectivity index (χ4v) is 2.89. The van der Waals surface area contributed by atoms with Gasteiger partial charge in [0.1, 0.15) is 0 Å². The van der Waals surface area contributed by atoms with Crippen molar-refractivity contribution in [2.75, 3.05) is 0 Å². The van der Waals surface area contributed by atoms with Crippen molar-refractivity contribution < 1.29 is 4.79 Å². The van der Waals surface area contributed by atoms with Crippen LogP contribution in [-0.4, -0.2) is 5.91 Å². The number of unbranched alkanes of at least 4 members (excludes halogenated alkanes) is 9. The average molecular weight is 344 g/mol. The minimum Gasteiger partial charge on any atom is -0.352 e. The Morgan fingerprint density at radius 1 is 0.840 bits per heavy atom. The molecule has 0 unspecified atom stereocenters. The van der Waals surface area contributed by atoms with E-state index >= 15 is 0 Å². The normalized spacial score (nSPS) is 11.1. The number of rotatable bonds is 15. The molecule has 2 heteroatoms. The molecule has 0 bridgehead atoms. The van der Waals surface area contributed by atoms with E-state index in [0.29, 0.717) is 13.0 Å². The fraction of sp³-hybridized carbons (Fsp3) is 0.609. The number of allylic oxidation sites excluding steroid dienone is 2. The Morgan fingerprint density at radius 3 is 2.12 bits per heavy atom. The Labute approximate surface area is 155 Å². The SMILES string of the molecule is CCCCCC/C=C\CCCCCCCC(=O)NCc1ccccc1. The molecule has 0 fully saturated rings. The molecule has 0 saturated heterocycles. The van der Waals surface area contributed by atoms with Crippen molar-refractivity contribution in [3.8, 4) is 0 Å². The molecule has 140 valence electrons. The molecule has 0 atom stereocenters. The summed E-state index contributed by atoms with van der Waals surface area (Å²) in [5.41, 5.74) is 1.16. The van der Waals surface area contributed by atoms with E-state index < -0.39 is 0 Å². The van der Waals surface area contributed by atoms with E-state index in [1.165, 1.54) is 64.2 Å². The van der Waals surface area contributed by atoms with Crippen molar-refractivity contribution in [3.63, 3.8) is 0 Å². The number of benzene rings is 1. The van der Waals surface area contributed by atoms with Crippen LogP contribution in [0.4, 0.5) is 0 Å². The minimum absolute atomic E-state index is 0.176. The van der Waals surface area contributed by atoms with Gasteiger partial charge in [0, 0.05) is 13.0 Å². The van der Waals surface area contributed by atoms with Crippen LogP contribution in [0.1, 0.15) is 89.5 Å². The quantitative estimate of drug-likeness (QED) is 0.283. The summed E-state index contributed by atoms with van der Waals surface area (Å²) >= 11 is 0. The molecule has 0 spiro atoms. The lowest BCUT2D eigenvalue weighted by Crippen LogP contribution is -2.22. The van der Waals surface area contributed by atoms with Crippen LogP contribution < -0.4 is 5.32 Å². The lowest BCUT2D eigenvalue weighted by molar-refractivity contribution is -0.121. The van der Waals surface area contributed by atoms with E-state index in [1.54, 1.807) is 0 Å². The zero-order valence-corrected chi connectivity index (χ0v) is 16.1. The molecule has 1 aromatic rings.